The first-order valence-electron chi connectivity index (χ1n) is 8.40. The fourth-order valence-electron chi connectivity index (χ4n) is 3.27. The summed E-state index contributed by atoms with van der Waals surface area (Å²) in [6.45, 7) is 1.83. The molecule has 0 aliphatic carbocycles. The predicted molar refractivity (Wildman–Crippen MR) is 104 cm³/mol. The second-order valence-corrected chi connectivity index (χ2v) is 8.15. The van der Waals surface area contributed by atoms with Gasteiger partial charge in [-0.15, -0.1) is 0 Å². The van der Waals surface area contributed by atoms with Crippen molar-refractivity contribution in [2.45, 2.75) is 11.8 Å². The first kappa shape index (κ1) is 18.0. The molecule has 0 saturated carbocycles. The summed E-state index contributed by atoms with van der Waals surface area (Å²) in [5.41, 5.74) is 1.63. The number of methoxy groups -OCH3 is 1. The Morgan fingerprint density at radius 2 is 1.71 bits per heavy atom. The lowest BCUT2D eigenvalue weighted by molar-refractivity contribution is 0.0845. The van der Waals surface area contributed by atoms with Crippen molar-refractivity contribution in [1.82, 2.24) is 5.32 Å². The predicted octanol–water partition coefficient (Wildman–Crippen LogP) is 2.84. The number of carbonyl (C=O) groups excluding carboxylic acids is 2. The fraction of sp³-hybridized carbons (Fsp3) is 0.100. The Bertz CT molecular complexity index is 1270. The molecule has 0 atom stereocenters. The number of aryl methyl sites for hydroxylation is 1. The Kier molecular flexibility index (Phi) is 4.08. The van der Waals surface area contributed by atoms with E-state index in [1.54, 1.807) is 36.4 Å². The third kappa shape index (κ3) is 2.87. The number of nitrogens with one attached hydrogen (secondary N) is 2. The van der Waals surface area contributed by atoms with Gasteiger partial charge in [-0.25, -0.2) is 8.42 Å². The minimum atomic E-state index is -4.01. The average molecular weight is 396 g/mol. The first-order valence-corrected chi connectivity index (χ1v) is 9.88. The van der Waals surface area contributed by atoms with Crippen LogP contribution in [-0.4, -0.2) is 27.3 Å². The number of rotatable bonds is 4. The third-order valence-corrected chi connectivity index (χ3v) is 5.92. The van der Waals surface area contributed by atoms with Gasteiger partial charge in [0.1, 0.15) is 5.75 Å². The van der Waals surface area contributed by atoms with Crippen LogP contribution < -0.4 is 14.8 Å². The molecule has 1 aliphatic rings. The van der Waals surface area contributed by atoms with Crippen LogP contribution in [0.3, 0.4) is 0 Å². The maximum atomic E-state index is 13.0. The summed E-state index contributed by atoms with van der Waals surface area (Å²) >= 11 is 0. The SMILES string of the molecule is COc1ccc(C)cc1NS(=O)(=O)c1cc2c3c(cccc3c1)C(=O)NC2=O. The minimum absolute atomic E-state index is 0.0831. The van der Waals surface area contributed by atoms with Crippen molar-refractivity contribution in [2.75, 3.05) is 11.8 Å². The van der Waals surface area contributed by atoms with Gasteiger partial charge in [0.15, 0.2) is 0 Å². The van der Waals surface area contributed by atoms with E-state index in [1.807, 2.05) is 6.92 Å². The molecule has 142 valence electrons. The summed E-state index contributed by atoms with van der Waals surface area (Å²) < 4.78 is 33.7. The highest BCUT2D eigenvalue weighted by atomic mass is 32.2. The van der Waals surface area contributed by atoms with Crippen molar-refractivity contribution in [3.8, 4) is 5.75 Å². The van der Waals surface area contributed by atoms with Crippen LogP contribution in [0.1, 0.15) is 26.3 Å². The Balaban J connectivity index is 1.87. The monoisotopic (exact) mass is 396 g/mol. The van der Waals surface area contributed by atoms with Crippen molar-refractivity contribution >= 4 is 38.3 Å². The van der Waals surface area contributed by atoms with Gasteiger partial charge in [0, 0.05) is 16.5 Å². The highest BCUT2D eigenvalue weighted by Gasteiger charge is 2.28. The van der Waals surface area contributed by atoms with E-state index in [9.17, 15) is 18.0 Å². The summed E-state index contributed by atoms with van der Waals surface area (Å²) in [7, 11) is -2.56. The van der Waals surface area contributed by atoms with Crippen LogP contribution in [0.2, 0.25) is 0 Å². The summed E-state index contributed by atoms with van der Waals surface area (Å²) in [6, 6.07) is 12.8. The zero-order valence-electron chi connectivity index (χ0n) is 15.1. The number of sulfonamides is 1. The van der Waals surface area contributed by atoms with Gasteiger partial charge in [0.05, 0.1) is 17.7 Å². The molecule has 0 aromatic heterocycles. The van der Waals surface area contributed by atoms with Gasteiger partial charge in [-0.2, -0.15) is 0 Å². The van der Waals surface area contributed by atoms with E-state index in [2.05, 4.69) is 10.0 Å². The molecule has 7 nitrogen and oxygen atoms in total. The van der Waals surface area contributed by atoms with Gasteiger partial charge in [-0.1, -0.05) is 18.2 Å². The average Bonchev–Trinajstić information content (AvgIpc) is 2.65. The van der Waals surface area contributed by atoms with E-state index < -0.39 is 21.8 Å². The van der Waals surface area contributed by atoms with Gasteiger partial charge < -0.3 is 4.74 Å². The molecule has 2 amide bonds. The minimum Gasteiger partial charge on any atom is -0.495 e. The van der Waals surface area contributed by atoms with Crippen molar-refractivity contribution in [3.05, 3.63) is 65.2 Å². The number of hydrogen-bond acceptors (Lipinski definition) is 5. The second-order valence-electron chi connectivity index (χ2n) is 6.47. The highest BCUT2D eigenvalue weighted by Crippen LogP contribution is 2.32. The van der Waals surface area contributed by atoms with Crippen LogP contribution in [0, 0.1) is 6.92 Å². The Morgan fingerprint density at radius 1 is 0.964 bits per heavy atom. The van der Waals surface area contributed by atoms with E-state index in [-0.39, 0.29) is 10.5 Å². The van der Waals surface area contributed by atoms with Crippen LogP contribution in [0.5, 0.6) is 5.75 Å². The van der Waals surface area contributed by atoms with Gasteiger partial charge >= 0.3 is 0 Å². The van der Waals surface area contributed by atoms with Crippen LogP contribution in [0.4, 0.5) is 5.69 Å². The fourth-order valence-corrected chi connectivity index (χ4v) is 4.39. The van der Waals surface area contributed by atoms with Gasteiger partial charge in [-0.3, -0.25) is 19.6 Å². The molecule has 0 bridgehead atoms. The van der Waals surface area contributed by atoms with E-state index in [0.717, 1.165) is 5.56 Å². The molecular formula is C20H16N2O5S. The lowest BCUT2D eigenvalue weighted by Gasteiger charge is -2.18. The Hall–Kier alpha value is -3.39. The van der Waals surface area contributed by atoms with Crippen molar-refractivity contribution < 1.29 is 22.7 Å². The van der Waals surface area contributed by atoms with Crippen molar-refractivity contribution in [2.24, 2.45) is 0 Å². The van der Waals surface area contributed by atoms with Crippen LogP contribution >= 0.6 is 0 Å². The number of anilines is 1. The molecule has 3 aromatic carbocycles. The molecule has 8 heteroatoms. The zero-order chi connectivity index (χ0) is 20.1. The molecule has 0 radical (unpaired) electrons. The van der Waals surface area contributed by atoms with Crippen molar-refractivity contribution in [3.63, 3.8) is 0 Å². The van der Waals surface area contributed by atoms with Gasteiger partial charge in [0.2, 0.25) is 0 Å². The van der Waals surface area contributed by atoms with Crippen LogP contribution in [0.15, 0.2) is 53.4 Å². The normalized spacial score (nSPS) is 13.4. The Labute approximate surface area is 161 Å². The second kappa shape index (κ2) is 6.35. The molecule has 0 fully saturated rings. The number of amides is 2. The third-order valence-electron chi connectivity index (χ3n) is 4.58. The number of benzene rings is 3. The van der Waals surface area contributed by atoms with Crippen molar-refractivity contribution in [1.29, 1.82) is 0 Å². The van der Waals surface area contributed by atoms with E-state index in [4.69, 9.17) is 4.74 Å². The van der Waals surface area contributed by atoms with Gasteiger partial charge in [-0.05, 0) is 48.2 Å². The number of hydrogen-bond donors (Lipinski definition) is 2. The van der Waals surface area contributed by atoms with E-state index in [1.165, 1.54) is 19.2 Å². The Morgan fingerprint density at radius 3 is 2.46 bits per heavy atom. The van der Waals surface area contributed by atoms with E-state index in [0.29, 0.717) is 27.8 Å². The zero-order valence-corrected chi connectivity index (χ0v) is 15.9. The summed E-state index contributed by atoms with van der Waals surface area (Å²) in [5, 5.41) is 3.18. The van der Waals surface area contributed by atoms with Crippen LogP contribution in [-0.2, 0) is 10.0 Å². The quantitative estimate of drug-likeness (QED) is 0.661. The molecule has 3 aromatic rings. The largest absolute Gasteiger partial charge is 0.495 e. The molecule has 4 rings (SSSR count). The highest BCUT2D eigenvalue weighted by molar-refractivity contribution is 7.92. The lowest BCUT2D eigenvalue weighted by atomic mass is 9.95. The molecule has 1 heterocycles. The molecule has 2 N–H and O–H groups in total. The molecule has 0 unspecified atom stereocenters. The topological polar surface area (TPSA) is 102 Å². The van der Waals surface area contributed by atoms with E-state index >= 15 is 0 Å². The summed E-state index contributed by atoms with van der Waals surface area (Å²) in [6.07, 6.45) is 0. The molecule has 0 saturated heterocycles. The number of imide groups is 1. The van der Waals surface area contributed by atoms with Crippen LogP contribution in [0.25, 0.3) is 10.8 Å². The summed E-state index contributed by atoms with van der Waals surface area (Å²) in [5.74, 6) is -0.748. The molecule has 1 aliphatic heterocycles. The molecule has 0 spiro atoms. The number of carbonyl (C=O) groups is 2. The maximum absolute atomic E-state index is 13.0. The number of ether oxygens (including phenoxy) is 1. The lowest BCUT2D eigenvalue weighted by Crippen LogP contribution is -2.34. The van der Waals surface area contributed by atoms with Gasteiger partial charge in [0.25, 0.3) is 21.8 Å². The molecular weight excluding hydrogens is 380 g/mol. The first-order chi connectivity index (χ1) is 13.3. The standard InChI is InChI=1S/C20H16N2O5S/c1-11-6-7-17(27-2)16(8-11)22-28(25,26)13-9-12-4-3-5-14-18(12)15(10-13)20(24)21-19(14)23/h3-10,22H,1-2H3,(H,21,23,24). The maximum Gasteiger partial charge on any atom is 0.262 e. The summed E-state index contributed by atoms with van der Waals surface area (Å²) in [4.78, 5) is 24.2. The molecule has 28 heavy (non-hydrogen) atoms. The smallest absolute Gasteiger partial charge is 0.262 e.